The quantitative estimate of drug-likeness (QED) is 0.605. The second-order valence-electron chi connectivity index (χ2n) is 6.89. The molecule has 0 aromatic carbocycles. The second kappa shape index (κ2) is 6.50. The van der Waals surface area contributed by atoms with E-state index in [2.05, 4.69) is 17.2 Å². The van der Waals surface area contributed by atoms with Crippen molar-refractivity contribution in [1.82, 2.24) is 10.6 Å². The molecule has 2 amide bonds. The van der Waals surface area contributed by atoms with Crippen LogP contribution in [0.15, 0.2) is 12.7 Å². The Bertz CT molecular complexity index is 481. The number of nitrogens with one attached hydrogen (secondary N) is 2. The van der Waals surface area contributed by atoms with Crippen molar-refractivity contribution < 1.29 is 19.1 Å². The largest absolute Gasteiger partial charge is 0.459 e. The van der Waals surface area contributed by atoms with Crippen LogP contribution >= 0.6 is 0 Å². The molecule has 0 spiro atoms. The average Bonchev–Trinajstić information content (AvgIpc) is 2.65. The zero-order valence-corrected chi connectivity index (χ0v) is 14.0. The molecule has 0 bridgehead atoms. The average molecular weight is 310 g/mol. The number of ether oxygens (including phenoxy) is 1. The Hall–Kier alpha value is -1.85. The predicted octanol–water partition coefficient (Wildman–Crippen LogP) is 1.30. The molecular weight excluding hydrogens is 284 g/mol. The van der Waals surface area contributed by atoms with Crippen LogP contribution in [0.3, 0.4) is 0 Å². The van der Waals surface area contributed by atoms with Crippen LogP contribution < -0.4 is 10.6 Å². The molecule has 1 rings (SSSR count). The molecular formula is C16H26N2O4. The maximum absolute atomic E-state index is 12.8. The highest BCUT2D eigenvalue weighted by Gasteiger charge is 2.55. The van der Waals surface area contributed by atoms with Gasteiger partial charge in [-0.25, -0.2) is 0 Å². The number of esters is 1. The maximum atomic E-state index is 12.8. The highest BCUT2D eigenvalue weighted by Crippen LogP contribution is 2.38. The first-order valence-corrected chi connectivity index (χ1v) is 7.41. The number of carbonyl (C=O) groups excluding carboxylic acids is 3. The van der Waals surface area contributed by atoms with Crippen molar-refractivity contribution in [2.75, 3.05) is 0 Å². The summed E-state index contributed by atoms with van der Waals surface area (Å²) in [6.45, 7) is 12.0. The van der Waals surface area contributed by atoms with Gasteiger partial charge in [0, 0.05) is 19.4 Å². The number of hydrogen-bond donors (Lipinski definition) is 2. The van der Waals surface area contributed by atoms with E-state index < -0.39 is 23.2 Å². The number of carbonyl (C=O) groups is 3. The zero-order valence-electron chi connectivity index (χ0n) is 14.0. The van der Waals surface area contributed by atoms with Gasteiger partial charge in [-0.1, -0.05) is 6.08 Å². The molecule has 1 aliphatic carbocycles. The maximum Gasteiger partial charge on any atom is 0.303 e. The van der Waals surface area contributed by atoms with Crippen LogP contribution in [0, 0.1) is 5.92 Å². The molecule has 1 saturated carbocycles. The van der Waals surface area contributed by atoms with Crippen LogP contribution in [0.5, 0.6) is 0 Å². The lowest BCUT2D eigenvalue weighted by Crippen LogP contribution is -2.65. The van der Waals surface area contributed by atoms with Gasteiger partial charge in [0.2, 0.25) is 11.8 Å². The summed E-state index contributed by atoms with van der Waals surface area (Å²) in [7, 11) is 0. The van der Waals surface area contributed by atoms with Gasteiger partial charge in [-0.05, 0) is 39.5 Å². The molecule has 2 N–H and O–H groups in total. The Kier molecular flexibility index (Phi) is 5.38. The number of amides is 2. The smallest absolute Gasteiger partial charge is 0.303 e. The van der Waals surface area contributed by atoms with E-state index in [9.17, 15) is 14.4 Å². The Morgan fingerprint density at radius 3 is 2.27 bits per heavy atom. The fourth-order valence-electron chi connectivity index (χ4n) is 2.83. The SMILES string of the molecule is C=CC1CC(OC(C)=O)C(NC(C)=O)(C(=O)NC(C)(C)C)C1. The molecule has 124 valence electrons. The van der Waals surface area contributed by atoms with Gasteiger partial charge in [0.05, 0.1) is 0 Å². The van der Waals surface area contributed by atoms with Crippen molar-refractivity contribution >= 4 is 17.8 Å². The van der Waals surface area contributed by atoms with Crippen molar-refractivity contribution in [2.45, 2.75) is 64.6 Å². The first-order chi connectivity index (χ1) is 10.00. The Morgan fingerprint density at radius 2 is 1.86 bits per heavy atom. The molecule has 1 aliphatic rings. The normalized spacial score (nSPS) is 27.9. The third kappa shape index (κ3) is 4.32. The minimum absolute atomic E-state index is 0.0121. The summed E-state index contributed by atoms with van der Waals surface area (Å²) < 4.78 is 5.33. The van der Waals surface area contributed by atoms with Gasteiger partial charge in [-0.2, -0.15) is 0 Å². The lowest BCUT2D eigenvalue weighted by Gasteiger charge is -2.36. The van der Waals surface area contributed by atoms with E-state index in [-0.39, 0.29) is 17.7 Å². The third-order valence-electron chi connectivity index (χ3n) is 3.58. The molecule has 0 saturated heterocycles. The van der Waals surface area contributed by atoms with E-state index in [0.29, 0.717) is 12.8 Å². The van der Waals surface area contributed by atoms with Crippen molar-refractivity contribution in [2.24, 2.45) is 5.92 Å². The molecule has 0 radical (unpaired) electrons. The molecule has 3 atom stereocenters. The van der Waals surface area contributed by atoms with E-state index in [1.165, 1.54) is 13.8 Å². The molecule has 0 aromatic heterocycles. The van der Waals surface area contributed by atoms with Gasteiger partial charge in [-0.15, -0.1) is 6.58 Å². The van der Waals surface area contributed by atoms with E-state index >= 15 is 0 Å². The fourth-order valence-corrected chi connectivity index (χ4v) is 2.83. The van der Waals surface area contributed by atoms with E-state index in [0.717, 1.165) is 0 Å². The minimum atomic E-state index is -1.26. The summed E-state index contributed by atoms with van der Waals surface area (Å²) in [5, 5.41) is 5.60. The van der Waals surface area contributed by atoms with Gasteiger partial charge in [0.15, 0.2) is 5.54 Å². The van der Waals surface area contributed by atoms with Crippen LogP contribution in [0.25, 0.3) is 0 Å². The predicted molar refractivity (Wildman–Crippen MR) is 82.9 cm³/mol. The van der Waals surface area contributed by atoms with Crippen LogP contribution in [-0.2, 0) is 19.1 Å². The van der Waals surface area contributed by atoms with Crippen molar-refractivity contribution in [3.63, 3.8) is 0 Å². The molecule has 3 unspecified atom stereocenters. The van der Waals surface area contributed by atoms with Gasteiger partial charge in [-0.3, -0.25) is 14.4 Å². The van der Waals surface area contributed by atoms with Gasteiger partial charge in [0.25, 0.3) is 0 Å². The lowest BCUT2D eigenvalue weighted by molar-refractivity contribution is -0.154. The first kappa shape index (κ1) is 18.2. The molecule has 1 fully saturated rings. The van der Waals surface area contributed by atoms with Gasteiger partial charge in [0.1, 0.15) is 6.10 Å². The van der Waals surface area contributed by atoms with E-state index in [4.69, 9.17) is 4.74 Å². The lowest BCUT2D eigenvalue weighted by atomic mass is 9.90. The topological polar surface area (TPSA) is 84.5 Å². The second-order valence-corrected chi connectivity index (χ2v) is 6.89. The summed E-state index contributed by atoms with van der Waals surface area (Å²) in [6, 6.07) is 0. The highest BCUT2D eigenvalue weighted by atomic mass is 16.5. The zero-order chi connectivity index (χ0) is 17.1. The van der Waals surface area contributed by atoms with Crippen LogP contribution in [0.2, 0.25) is 0 Å². The summed E-state index contributed by atoms with van der Waals surface area (Å²) in [5.41, 5.74) is -1.72. The van der Waals surface area contributed by atoms with Crippen molar-refractivity contribution in [3.8, 4) is 0 Å². The Labute approximate surface area is 131 Å². The summed E-state index contributed by atoms with van der Waals surface area (Å²) in [6.07, 6.45) is 1.83. The summed E-state index contributed by atoms with van der Waals surface area (Å²) in [4.78, 5) is 35.8. The van der Waals surface area contributed by atoms with Gasteiger partial charge >= 0.3 is 5.97 Å². The van der Waals surface area contributed by atoms with E-state index in [1.807, 2.05) is 20.8 Å². The Morgan fingerprint density at radius 1 is 1.27 bits per heavy atom. The molecule has 6 nitrogen and oxygen atoms in total. The number of rotatable bonds is 4. The monoisotopic (exact) mass is 310 g/mol. The van der Waals surface area contributed by atoms with E-state index in [1.54, 1.807) is 6.08 Å². The fraction of sp³-hybridized carbons (Fsp3) is 0.688. The molecule has 0 heterocycles. The first-order valence-electron chi connectivity index (χ1n) is 7.41. The highest BCUT2D eigenvalue weighted by molar-refractivity contribution is 5.93. The molecule has 0 aliphatic heterocycles. The van der Waals surface area contributed by atoms with Crippen LogP contribution in [0.4, 0.5) is 0 Å². The van der Waals surface area contributed by atoms with Crippen LogP contribution in [0.1, 0.15) is 47.5 Å². The standard InChI is InChI=1S/C16H26N2O4/c1-7-12-8-13(22-11(3)20)16(9-12,17-10(2)19)14(21)18-15(4,5)6/h7,12-13H,1,8-9H2,2-6H3,(H,17,19)(H,18,21). The summed E-state index contributed by atoms with van der Waals surface area (Å²) in [5.74, 6) is -1.17. The van der Waals surface area contributed by atoms with Gasteiger partial charge < -0.3 is 15.4 Å². The van der Waals surface area contributed by atoms with Crippen molar-refractivity contribution in [3.05, 3.63) is 12.7 Å². The van der Waals surface area contributed by atoms with Crippen molar-refractivity contribution in [1.29, 1.82) is 0 Å². The van der Waals surface area contributed by atoms with Crippen LogP contribution in [-0.4, -0.2) is 35.0 Å². The third-order valence-corrected chi connectivity index (χ3v) is 3.58. The molecule has 22 heavy (non-hydrogen) atoms. The number of hydrogen-bond acceptors (Lipinski definition) is 4. The minimum Gasteiger partial charge on any atom is -0.459 e. The number of allylic oxidation sites excluding steroid dienone is 1. The molecule has 0 aromatic rings. The summed E-state index contributed by atoms with van der Waals surface area (Å²) >= 11 is 0. The Balaban J connectivity index is 3.20. The molecule has 6 heteroatoms.